The summed E-state index contributed by atoms with van der Waals surface area (Å²) >= 11 is 0.939. The van der Waals surface area contributed by atoms with E-state index in [1.165, 1.54) is 37.4 Å². The molecule has 0 radical (unpaired) electrons. The van der Waals surface area contributed by atoms with Gasteiger partial charge in [0.05, 0.1) is 61.1 Å². The molecule has 18 heteroatoms. The van der Waals surface area contributed by atoms with Crippen LogP contribution in [-0.2, 0) is 20.8 Å². The number of hydrogen-bond donors (Lipinski definition) is 2. The lowest BCUT2D eigenvalue weighted by Crippen LogP contribution is -2.34. The van der Waals surface area contributed by atoms with Crippen LogP contribution in [0.2, 0.25) is 0 Å². The van der Waals surface area contributed by atoms with E-state index in [9.17, 15) is 40.3 Å². The Morgan fingerprint density at radius 1 is 1.16 bits per heavy atom. The van der Waals surface area contributed by atoms with Crippen molar-refractivity contribution >= 4 is 32.2 Å². The zero-order valence-corrected chi connectivity index (χ0v) is 24.0. The molecule has 2 N–H and O–H groups in total. The van der Waals surface area contributed by atoms with E-state index in [-0.39, 0.29) is 39.4 Å². The minimum absolute atomic E-state index is 0.0528. The van der Waals surface area contributed by atoms with Gasteiger partial charge in [-0.05, 0) is 17.7 Å². The van der Waals surface area contributed by atoms with Crippen molar-refractivity contribution in [3.8, 4) is 5.75 Å². The number of amides is 1. The van der Waals surface area contributed by atoms with Crippen LogP contribution in [0.1, 0.15) is 40.4 Å². The molecule has 0 spiro atoms. The summed E-state index contributed by atoms with van der Waals surface area (Å²) < 4.78 is 98.2. The summed E-state index contributed by atoms with van der Waals surface area (Å²) in [5, 5.41) is 12.8. The van der Waals surface area contributed by atoms with Crippen molar-refractivity contribution in [3.05, 3.63) is 59.1 Å². The lowest BCUT2D eigenvalue weighted by atomic mass is 10.1. The molecule has 3 heterocycles. The maximum atomic E-state index is 13.0. The minimum atomic E-state index is -4.73. The Kier molecular flexibility index (Phi) is 10.1. The van der Waals surface area contributed by atoms with E-state index in [1.807, 2.05) is 0 Å². The van der Waals surface area contributed by atoms with Crippen LogP contribution in [-0.4, -0.2) is 78.7 Å². The van der Waals surface area contributed by atoms with Crippen LogP contribution >= 0.6 is 11.3 Å². The van der Waals surface area contributed by atoms with Gasteiger partial charge in [0.15, 0.2) is 20.7 Å². The largest absolute Gasteiger partial charge is 0.485 e. The van der Waals surface area contributed by atoms with Gasteiger partial charge in [0.25, 0.3) is 5.91 Å². The molecule has 1 saturated heterocycles. The van der Waals surface area contributed by atoms with Crippen molar-refractivity contribution in [3.63, 3.8) is 0 Å². The second-order valence-corrected chi connectivity index (χ2v) is 12.6. The Hall–Kier alpha value is -3.48. The minimum Gasteiger partial charge on any atom is -0.485 e. The average Bonchev–Trinajstić information content (AvgIpc) is 3.62. The summed E-state index contributed by atoms with van der Waals surface area (Å²) in [5.74, 6) is -2.07. The van der Waals surface area contributed by atoms with Gasteiger partial charge in [-0.25, -0.2) is 23.4 Å². The number of ether oxygens (including phenoxy) is 2. The fourth-order valence-electron chi connectivity index (χ4n) is 4.29. The Labute approximate surface area is 246 Å². The average molecular weight is 652 g/mol. The molecule has 0 bridgehead atoms. The molecule has 234 valence electrons. The number of halogens is 5. The van der Waals surface area contributed by atoms with E-state index in [4.69, 9.17) is 4.74 Å². The highest BCUT2D eigenvalue weighted by Crippen LogP contribution is 2.33. The first-order valence-electron chi connectivity index (χ1n) is 12.7. The zero-order chi connectivity index (χ0) is 31.4. The van der Waals surface area contributed by atoms with Gasteiger partial charge in [0.1, 0.15) is 11.0 Å². The number of sulfone groups is 1. The predicted molar refractivity (Wildman–Crippen MR) is 143 cm³/mol. The molecule has 1 aromatic carbocycles. The predicted octanol–water partition coefficient (Wildman–Crippen LogP) is 3.47. The number of carbonyl (C=O) groups excluding carboxylic acids is 1. The number of hydrogen-bond acceptors (Lipinski definition) is 11. The molecule has 1 aliphatic rings. The first kappa shape index (κ1) is 32.4. The standard InChI is InChI=1S/C25H26F5N5O6S2/c1-2-43(38,39)18-5-3-14(4-6-18)19(12-36)34-21(37)20-10-33-24(42-20)35-11-16(7-15(35)13-40-23(26)27)41-17-8-31-22(32-9-17)25(28,29)30/h3-6,8-10,15-16,19,23,36H,2,7,11-13H2,1H3,(H,34,37)/t15-,16-,19-/m0/s1. The molecule has 1 aliphatic heterocycles. The second kappa shape index (κ2) is 13.4. The third-order valence-corrected chi connectivity index (χ3v) is 9.23. The number of nitrogens with one attached hydrogen (secondary N) is 1. The quantitative estimate of drug-likeness (QED) is 0.280. The van der Waals surface area contributed by atoms with Crippen LogP contribution in [0.3, 0.4) is 0 Å². The first-order valence-corrected chi connectivity index (χ1v) is 15.2. The van der Waals surface area contributed by atoms with E-state index < -0.39 is 65.8 Å². The summed E-state index contributed by atoms with van der Waals surface area (Å²) in [6, 6.07) is 4.22. The summed E-state index contributed by atoms with van der Waals surface area (Å²) in [4.78, 5) is 25.5. The number of alkyl halides is 5. The number of anilines is 1. The van der Waals surface area contributed by atoms with Crippen molar-refractivity contribution in [1.29, 1.82) is 0 Å². The van der Waals surface area contributed by atoms with E-state index >= 15 is 0 Å². The lowest BCUT2D eigenvalue weighted by molar-refractivity contribution is -0.145. The van der Waals surface area contributed by atoms with Gasteiger partial charge in [-0.3, -0.25) is 4.79 Å². The number of benzene rings is 1. The van der Waals surface area contributed by atoms with Gasteiger partial charge < -0.3 is 24.8 Å². The van der Waals surface area contributed by atoms with Gasteiger partial charge in [0.2, 0.25) is 5.82 Å². The molecule has 11 nitrogen and oxygen atoms in total. The Bertz CT molecular complexity index is 1490. The SMILES string of the molecule is CCS(=O)(=O)c1ccc([C@H](CO)NC(=O)c2cnc(N3C[C@@H](Oc4cnc(C(F)(F)F)nc4)C[C@H]3COC(F)F)s2)cc1. The smallest absolute Gasteiger partial charge is 0.451 e. The molecule has 3 aromatic rings. The summed E-state index contributed by atoms with van der Waals surface area (Å²) in [6.45, 7) is -2.35. The molecule has 0 aliphatic carbocycles. The Morgan fingerprint density at radius 2 is 1.84 bits per heavy atom. The van der Waals surface area contributed by atoms with Crippen molar-refractivity contribution in [2.24, 2.45) is 0 Å². The second-order valence-electron chi connectivity index (χ2n) is 9.30. The molecule has 3 atom stereocenters. The van der Waals surface area contributed by atoms with Crippen LogP contribution in [0.5, 0.6) is 5.75 Å². The molecule has 4 rings (SSSR count). The molecule has 0 unspecified atom stereocenters. The van der Waals surface area contributed by atoms with Crippen LogP contribution in [0, 0.1) is 0 Å². The monoisotopic (exact) mass is 651 g/mol. The highest BCUT2D eigenvalue weighted by molar-refractivity contribution is 7.91. The van der Waals surface area contributed by atoms with Gasteiger partial charge in [-0.1, -0.05) is 30.4 Å². The number of nitrogens with zero attached hydrogens (tertiary/aromatic N) is 4. The number of thiazole rings is 1. The van der Waals surface area contributed by atoms with Crippen LogP contribution in [0.4, 0.5) is 27.1 Å². The molecule has 1 fully saturated rings. The number of aliphatic hydroxyl groups excluding tert-OH is 1. The van der Waals surface area contributed by atoms with Gasteiger partial charge in [-0.15, -0.1) is 0 Å². The van der Waals surface area contributed by atoms with Crippen LogP contribution < -0.4 is 15.0 Å². The van der Waals surface area contributed by atoms with Crippen LogP contribution in [0.25, 0.3) is 0 Å². The molecule has 1 amide bonds. The van der Waals surface area contributed by atoms with Gasteiger partial charge >= 0.3 is 12.8 Å². The third-order valence-electron chi connectivity index (χ3n) is 6.45. The lowest BCUT2D eigenvalue weighted by Gasteiger charge is -2.23. The highest BCUT2D eigenvalue weighted by Gasteiger charge is 2.37. The zero-order valence-electron chi connectivity index (χ0n) is 22.4. The molecule has 43 heavy (non-hydrogen) atoms. The fourth-order valence-corrected chi connectivity index (χ4v) is 6.08. The van der Waals surface area contributed by atoms with Crippen molar-refractivity contribution in [2.75, 3.05) is 30.4 Å². The fraction of sp³-hybridized carbons (Fsp3) is 0.440. The third kappa shape index (κ3) is 8.12. The van der Waals surface area contributed by atoms with E-state index in [0.717, 1.165) is 23.7 Å². The van der Waals surface area contributed by atoms with Crippen molar-refractivity contribution in [2.45, 2.75) is 49.2 Å². The number of aliphatic hydroxyl groups is 1. The summed E-state index contributed by atoms with van der Waals surface area (Å²) in [5.41, 5.74) is 0.464. The molecule has 2 aromatic heterocycles. The van der Waals surface area contributed by atoms with Gasteiger partial charge in [0, 0.05) is 6.42 Å². The van der Waals surface area contributed by atoms with Gasteiger partial charge in [-0.2, -0.15) is 22.0 Å². The molecular formula is C25H26F5N5O6S2. The van der Waals surface area contributed by atoms with Crippen LogP contribution in [0.15, 0.2) is 47.8 Å². The van der Waals surface area contributed by atoms with Crippen molar-refractivity contribution < 1.29 is 49.7 Å². The summed E-state index contributed by atoms with van der Waals surface area (Å²) in [6.07, 6.45) is -2.26. The normalized spacial score (nSPS) is 18.2. The maximum Gasteiger partial charge on any atom is 0.451 e. The Balaban J connectivity index is 1.45. The summed E-state index contributed by atoms with van der Waals surface area (Å²) in [7, 11) is -3.43. The highest BCUT2D eigenvalue weighted by atomic mass is 32.2. The molecular weight excluding hydrogens is 625 g/mol. The van der Waals surface area contributed by atoms with E-state index in [2.05, 4.69) is 25.0 Å². The maximum absolute atomic E-state index is 13.0. The number of carbonyl (C=O) groups is 1. The Morgan fingerprint density at radius 3 is 2.42 bits per heavy atom. The number of rotatable bonds is 12. The van der Waals surface area contributed by atoms with Crippen molar-refractivity contribution in [1.82, 2.24) is 20.3 Å². The van der Waals surface area contributed by atoms with E-state index in [1.54, 1.807) is 4.90 Å². The molecule has 0 saturated carbocycles. The first-order chi connectivity index (χ1) is 20.3. The van der Waals surface area contributed by atoms with E-state index in [0.29, 0.717) is 5.56 Å². The topological polar surface area (TPSA) is 144 Å². The number of aromatic nitrogens is 3.